The van der Waals surface area contributed by atoms with Crippen molar-refractivity contribution in [2.24, 2.45) is 0 Å². The summed E-state index contributed by atoms with van der Waals surface area (Å²) in [7, 11) is 0. The van der Waals surface area contributed by atoms with Crippen molar-refractivity contribution in [1.29, 1.82) is 0 Å². The second-order valence-electron chi connectivity index (χ2n) is 2.78. The molecule has 0 aliphatic rings. The van der Waals surface area contributed by atoms with Gasteiger partial charge in [-0.2, -0.15) is 8.78 Å². The fourth-order valence-corrected chi connectivity index (χ4v) is 1.03. The van der Waals surface area contributed by atoms with Crippen LogP contribution in [0.1, 0.15) is 5.56 Å². The molecule has 0 radical (unpaired) electrons. The van der Waals surface area contributed by atoms with Gasteiger partial charge in [-0.25, -0.2) is 8.78 Å². The van der Waals surface area contributed by atoms with Gasteiger partial charge in [0.15, 0.2) is 0 Å². The van der Waals surface area contributed by atoms with E-state index in [1.807, 2.05) is 0 Å². The van der Waals surface area contributed by atoms with E-state index >= 15 is 0 Å². The average molecular weight is 251 g/mol. The van der Waals surface area contributed by atoms with Crippen LogP contribution in [0.2, 0.25) is 0 Å². The Hall–Kier alpha value is -2.12. The molecule has 8 heteroatoms. The van der Waals surface area contributed by atoms with E-state index in [1.54, 1.807) is 0 Å². The minimum Gasteiger partial charge on any atom is -0.435 e. The van der Waals surface area contributed by atoms with Crippen LogP contribution in [0, 0.1) is 21.7 Å². The Morgan fingerprint density at radius 3 is 2.24 bits per heavy atom. The predicted octanol–water partition coefficient (Wildman–Crippen LogP) is 2.81. The Balaban J connectivity index is 3.06. The first kappa shape index (κ1) is 12.9. The van der Waals surface area contributed by atoms with E-state index in [1.165, 1.54) is 0 Å². The molecule has 17 heavy (non-hydrogen) atoms. The lowest BCUT2D eigenvalue weighted by Crippen LogP contribution is -2.03. The highest BCUT2D eigenvalue weighted by Gasteiger charge is 2.13. The van der Waals surface area contributed by atoms with Gasteiger partial charge in [0.2, 0.25) is 6.20 Å². The number of hydrogen-bond donors (Lipinski definition) is 0. The van der Waals surface area contributed by atoms with Gasteiger partial charge in [0.1, 0.15) is 17.4 Å². The number of halogens is 4. The monoisotopic (exact) mass is 251 g/mol. The molecule has 1 aromatic carbocycles. The van der Waals surface area contributed by atoms with E-state index in [4.69, 9.17) is 0 Å². The summed E-state index contributed by atoms with van der Waals surface area (Å²) in [5.74, 6) is -3.18. The van der Waals surface area contributed by atoms with Gasteiger partial charge in [0.05, 0.1) is 10.5 Å². The fraction of sp³-hybridized carbons (Fsp3) is 0.111. The lowest BCUT2D eigenvalue weighted by Gasteiger charge is -2.06. The van der Waals surface area contributed by atoms with Gasteiger partial charge in [0, 0.05) is 18.2 Å². The van der Waals surface area contributed by atoms with Gasteiger partial charge in [-0.15, -0.1) is 0 Å². The number of ether oxygens (including phenoxy) is 1. The number of benzene rings is 1. The maximum Gasteiger partial charge on any atom is 0.387 e. The van der Waals surface area contributed by atoms with Crippen molar-refractivity contribution in [2.75, 3.05) is 0 Å². The van der Waals surface area contributed by atoms with Gasteiger partial charge < -0.3 is 4.74 Å². The van der Waals surface area contributed by atoms with Crippen LogP contribution in [-0.4, -0.2) is 11.5 Å². The Bertz CT molecular complexity index is 439. The maximum atomic E-state index is 13.2. The van der Waals surface area contributed by atoms with Crippen molar-refractivity contribution in [1.82, 2.24) is 0 Å². The SMILES string of the molecule is O=[N+]([O-])C=Cc1c(F)cc(OC(F)F)cc1F. The summed E-state index contributed by atoms with van der Waals surface area (Å²) in [6.45, 7) is -3.21. The highest BCUT2D eigenvalue weighted by molar-refractivity contribution is 5.51. The largest absolute Gasteiger partial charge is 0.435 e. The Morgan fingerprint density at radius 1 is 1.29 bits per heavy atom. The van der Waals surface area contributed by atoms with Gasteiger partial charge in [-0.3, -0.25) is 10.1 Å². The second kappa shape index (κ2) is 5.28. The molecule has 0 atom stereocenters. The summed E-state index contributed by atoms with van der Waals surface area (Å²) in [6, 6.07) is 1.02. The van der Waals surface area contributed by atoms with Crippen LogP contribution in [0.15, 0.2) is 18.3 Å². The normalized spacial score (nSPS) is 11.1. The molecule has 0 aliphatic carbocycles. The summed E-state index contributed by atoms with van der Waals surface area (Å²) >= 11 is 0. The summed E-state index contributed by atoms with van der Waals surface area (Å²) in [6.07, 6.45) is 0.909. The third-order valence-electron chi connectivity index (χ3n) is 1.64. The molecule has 0 saturated heterocycles. The highest BCUT2D eigenvalue weighted by Crippen LogP contribution is 2.23. The van der Waals surface area contributed by atoms with Crippen LogP contribution in [-0.2, 0) is 0 Å². The van der Waals surface area contributed by atoms with E-state index in [2.05, 4.69) is 4.74 Å². The summed E-state index contributed by atoms with van der Waals surface area (Å²) < 4.78 is 53.7. The van der Waals surface area contributed by atoms with Crippen LogP contribution in [0.4, 0.5) is 17.6 Å². The second-order valence-corrected chi connectivity index (χ2v) is 2.78. The Labute approximate surface area is 92.3 Å². The minimum atomic E-state index is -3.21. The molecule has 1 aromatic rings. The van der Waals surface area contributed by atoms with Crippen molar-refractivity contribution in [3.8, 4) is 5.75 Å². The molecule has 92 valence electrons. The lowest BCUT2D eigenvalue weighted by molar-refractivity contribution is -0.401. The lowest BCUT2D eigenvalue weighted by atomic mass is 10.2. The van der Waals surface area contributed by atoms with Gasteiger partial charge in [-0.1, -0.05) is 0 Å². The first-order valence-corrected chi connectivity index (χ1v) is 4.15. The Morgan fingerprint density at radius 2 is 1.82 bits per heavy atom. The smallest absolute Gasteiger partial charge is 0.387 e. The molecule has 0 aromatic heterocycles. The molecule has 0 bridgehead atoms. The number of nitrogens with zero attached hydrogens (tertiary/aromatic N) is 1. The van der Waals surface area contributed by atoms with E-state index in [0.717, 1.165) is 0 Å². The average Bonchev–Trinajstić information content (AvgIpc) is 2.14. The van der Waals surface area contributed by atoms with Crippen LogP contribution in [0.3, 0.4) is 0 Å². The standard InChI is InChI=1S/C9H5F4NO3/c10-7-3-5(17-9(12)13)4-8(11)6(7)1-2-14(15)16/h1-4,9H. The maximum absolute atomic E-state index is 13.2. The molecular formula is C9H5F4NO3. The summed E-state index contributed by atoms with van der Waals surface area (Å²) in [5.41, 5.74) is -0.705. The summed E-state index contributed by atoms with van der Waals surface area (Å²) in [4.78, 5) is 9.04. The topological polar surface area (TPSA) is 52.4 Å². The van der Waals surface area contributed by atoms with Crippen molar-refractivity contribution >= 4 is 6.08 Å². The van der Waals surface area contributed by atoms with Gasteiger partial charge >= 0.3 is 6.61 Å². The zero-order chi connectivity index (χ0) is 13.0. The molecule has 0 N–H and O–H groups in total. The van der Waals surface area contributed by atoms with Gasteiger partial charge in [0.25, 0.3) is 0 Å². The quantitative estimate of drug-likeness (QED) is 0.469. The molecule has 0 aliphatic heterocycles. The molecule has 0 saturated carbocycles. The number of nitro groups is 1. The molecule has 4 nitrogen and oxygen atoms in total. The highest BCUT2D eigenvalue weighted by atomic mass is 19.3. The molecule has 0 unspecified atom stereocenters. The molecule has 0 fully saturated rings. The predicted molar refractivity (Wildman–Crippen MR) is 49.0 cm³/mol. The third kappa shape index (κ3) is 3.74. The van der Waals surface area contributed by atoms with Crippen molar-refractivity contribution < 1.29 is 27.2 Å². The third-order valence-corrected chi connectivity index (χ3v) is 1.64. The van der Waals surface area contributed by atoms with E-state index < -0.39 is 34.5 Å². The first-order chi connectivity index (χ1) is 7.90. The van der Waals surface area contributed by atoms with Crippen molar-refractivity contribution in [2.45, 2.75) is 6.61 Å². The minimum absolute atomic E-state index is 0.329. The fourth-order valence-electron chi connectivity index (χ4n) is 1.03. The van der Waals surface area contributed by atoms with E-state index in [-0.39, 0.29) is 0 Å². The number of hydrogen-bond acceptors (Lipinski definition) is 3. The number of rotatable bonds is 4. The van der Waals surface area contributed by atoms with Crippen LogP contribution >= 0.6 is 0 Å². The molecule has 1 rings (SSSR count). The number of alkyl halides is 2. The van der Waals surface area contributed by atoms with Crippen LogP contribution in [0.5, 0.6) is 5.75 Å². The van der Waals surface area contributed by atoms with E-state index in [9.17, 15) is 27.7 Å². The Kier molecular flexibility index (Phi) is 4.02. The molecule has 0 spiro atoms. The van der Waals surface area contributed by atoms with Crippen molar-refractivity contribution in [3.05, 3.63) is 45.6 Å². The summed E-state index contributed by atoms with van der Waals surface area (Å²) in [5, 5.41) is 9.96. The zero-order valence-electron chi connectivity index (χ0n) is 8.07. The van der Waals surface area contributed by atoms with Crippen LogP contribution < -0.4 is 4.74 Å². The molecule has 0 amide bonds. The zero-order valence-corrected chi connectivity index (χ0v) is 8.07. The molecular weight excluding hydrogens is 246 g/mol. The van der Waals surface area contributed by atoms with E-state index in [0.29, 0.717) is 24.4 Å². The molecule has 0 heterocycles. The van der Waals surface area contributed by atoms with Crippen molar-refractivity contribution in [3.63, 3.8) is 0 Å². The van der Waals surface area contributed by atoms with Crippen LogP contribution in [0.25, 0.3) is 6.08 Å². The first-order valence-electron chi connectivity index (χ1n) is 4.15. The van der Waals surface area contributed by atoms with Gasteiger partial charge in [-0.05, 0) is 0 Å².